The average Bonchev–Trinajstić information content (AvgIpc) is 2.41. The SMILES string of the molecule is C\C=C/N=C\C=C\Oc1cccc(NCC(C)=O)c1. The Morgan fingerprint density at radius 3 is 3.05 bits per heavy atom. The van der Waals surface area contributed by atoms with Crippen LogP contribution >= 0.6 is 0 Å². The number of carbonyl (C=O) groups excluding carboxylic acids is 1. The molecule has 0 saturated carbocycles. The lowest BCUT2D eigenvalue weighted by atomic mass is 10.3. The van der Waals surface area contributed by atoms with Gasteiger partial charge in [0.05, 0.1) is 12.8 Å². The largest absolute Gasteiger partial charge is 0.465 e. The predicted octanol–water partition coefficient (Wildman–Crippen LogP) is 3.18. The highest BCUT2D eigenvalue weighted by Gasteiger charge is 1.96. The second-order valence-corrected chi connectivity index (χ2v) is 3.81. The highest BCUT2D eigenvalue weighted by atomic mass is 16.5. The summed E-state index contributed by atoms with van der Waals surface area (Å²) in [5, 5.41) is 3.01. The van der Waals surface area contributed by atoms with E-state index in [9.17, 15) is 4.79 Å². The molecule has 0 radical (unpaired) electrons. The molecule has 19 heavy (non-hydrogen) atoms. The van der Waals surface area contributed by atoms with Crippen molar-refractivity contribution in [2.75, 3.05) is 11.9 Å². The molecule has 0 saturated heterocycles. The molecule has 0 aromatic heterocycles. The number of aliphatic imine (C=N–C) groups is 1. The summed E-state index contributed by atoms with van der Waals surface area (Å²) >= 11 is 0. The van der Waals surface area contributed by atoms with Crippen molar-refractivity contribution >= 4 is 17.7 Å². The first-order valence-corrected chi connectivity index (χ1v) is 6.02. The zero-order valence-corrected chi connectivity index (χ0v) is 11.2. The van der Waals surface area contributed by atoms with Gasteiger partial charge in [-0.3, -0.25) is 9.79 Å². The number of ether oxygens (including phenoxy) is 1. The smallest absolute Gasteiger partial charge is 0.148 e. The van der Waals surface area contributed by atoms with Crippen LogP contribution in [0.4, 0.5) is 5.69 Å². The minimum atomic E-state index is 0.0893. The molecule has 100 valence electrons. The number of nitrogens with one attached hydrogen (secondary N) is 1. The van der Waals surface area contributed by atoms with Gasteiger partial charge >= 0.3 is 0 Å². The summed E-state index contributed by atoms with van der Waals surface area (Å²) in [5.41, 5.74) is 0.851. The molecule has 4 heteroatoms. The molecule has 1 rings (SSSR count). The van der Waals surface area contributed by atoms with Crippen LogP contribution in [0.15, 0.2) is 53.9 Å². The maximum absolute atomic E-state index is 10.9. The van der Waals surface area contributed by atoms with Gasteiger partial charge in [0.15, 0.2) is 0 Å². The number of rotatable bonds is 7. The highest BCUT2D eigenvalue weighted by molar-refractivity contribution is 5.80. The van der Waals surface area contributed by atoms with Crippen molar-refractivity contribution in [1.82, 2.24) is 0 Å². The van der Waals surface area contributed by atoms with Gasteiger partial charge in [-0.1, -0.05) is 12.1 Å². The Kier molecular flexibility index (Phi) is 6.72. The van der Waals surface area contributed by atoms with E-state index >= 15 is 0 Å². The molecule has 0 unspecified atom stereocenters. The average molecular weight is 258 g/mol. The van der Waals surface area contributed by atoms with E-state index < -0.39 is 0 Å². The minimum absolute atomic E-state index is 0.0893. The summed E-state index contributed by atoms with van der Waals surface area (Å²) < 4.78 is 5.41. The van der Waals surface area contributed by atoms with Crippen LogP contribution in [0.1, 0.15) is 13.8 Å². The first-order valence-electron chi connectivity index (χ1n) is 6.02. The van der Waals surface area contributed by atoms with Crippen LogP contribution in [0.25, 0.3) is 0 Å². The number of nitrogens with zero attached hydrogens (tertiary/aromatic N) is 1. The second kappa shape index (κ2) is 8.69. The van der Waals surface area contributed by atoms with E-state index in [1.807, 2.05) is 37.3 Å². The van der Waals surface area contributed by atoms with Gasteiger partial charge in [0.25, 0.3) is 0 Å². The quantitative estimate of drug-likeness (QED) is 0.603. The van der Waals surface area contributed by atoms with Crippen LogP contribution in [0.2, 0.25) is 0 Å². The summed E-state index contributed by atoms with van der Waals surface area (Å²) in [6, 6.07) is 7.41. The van der Waals surface area contributed by atoms with Crippen LogP contribution in [0.3, 0.4) is 0 Å². The lowest BCUT2D eigenvalue weighted by Gasteiger charge is -2.05. The number of hydrogen-bond donors (Lipinski definition) is 1. The van der Waals surface area contributed by atoms with Crippen LogP contribution in [-0.2, 0) is 4.79 Å². The Balaban J connectivity index is 2.50. The number of benzene rings is 1. The molecule has 0 spiro atoms. The Bertz CT molecular complexity index is 491. The standard InChI is InChI=1S/C15H18N2O2/c1-3-8-16-9-5-10-19-15-7-4-6-14(11-15)17-12-13(2)18/h3-11,17H,12H2,1-2H3/b8-3-,10-5+,16-9-. The van der Waals surface area contributed by atoms with Gasteiger partial charge in [-0.2, -0.15) is 0 Å². The van der Waals surface area contributed by atoms with Gasteiger partial charge in [0.1, 0.15) is 11.5 Å². The number of carbonyl (C=O) groups is 1. The summed E-state index contributed by atoms with van der Waals surface area (Å²) in [5.74, 6) is 0.788. The van der Waals surface area contributed by atoms with Crippen molar-refractivity contribution in [1.29, 1.82) is 0 Å². The van der Waals surface area contributed by atoms with Gasteiger partial charge in [-0.05, 0) is 32.1 Å². The maximum Gasteiger partial charge on any atom is 0.148 e. The van der Waals surface area contributed by atoms with Gasteiger partial charge in [0, 0.05) is 24.2 Å². The van der Waals surface area contributed by atoms with Gasteiger partial charge in [-0.25, -0.2) is 0 Å². The van der Waals surface area contributed by atoms with Gasteiger partial charge in [-0.15, -0.1) is 0 Å². The van der Waals surface area contributed by atoms with Crippen molar-refractivity contribution in [2.24, 2.45) is 4.99 Å². The summed E-state index contributed by atoms with van der Waals surface area (Å²) in [4.78, 5) is 14.8. The zero-order chi connectivity index (χ0) is 13.9. The number of hydrogen-bond acceptors (Lipinski definition) is 4. The molecule has 0 heterocycles. The molecule has 0 aliphatic heterocycles. The van der Waals surface area contributed by atoms with Gasteiger partial charge in [0.2, 0.25) is 0 Å². The molecule has 0 atom stereocenters. The minimum Gasteiger partial charge on any atom is -0.465 e. The van der Waals surface area contributed by atoms with E-state index in [4.69, 9.17) is 4.74 Å². The van der Waals surface area contributed by atoms with E-state index in [0.29, 0.717) is 12.3 Å². The second-order valence-electron chi connectivity index (χ2n) is 3.81. The molecular weight excluding hydrogens is 240 g/mol. The Labute approximate surface area is 113 Å². The number of Topliss-reactive ketones (excluding diaryl/α,β-unsaturated/α-hetero) is 1. The van der Waals surface area contributed by atoms with E-state index in [0.717, 1.165) is 5.69 Å². The Hall–Kier alpha value is -2.36. The van der Waals surface area contributed by atoms with E-state index in [1.54, 1.807) is 31.7 Å². The molecule has 1 aromatic rings. The van der Waals surface area contributed by atoms with Crippen LogP contribution < -0.4 is 10.1 Å². The summed E-state index contributed by atoms with van der Waals surface area (Å²) in [6.07, 6.45) is 8.43. The van der Waals surface area contributed by atoms with Crippen molar-refractivity contribution in [3.8, 4) is 5.75 Å². The lowest BCUT2D eigenvalue weighted by molar-refractivity contribution is -0.115. The van der Waals surface area contributed by atoms with E-state index in [2.05, 4.69) is 10.3 Å². The van der Waals surface area contributed by atoms with E-state index in [1.165, 1.54) is 0 Å². The fraction of sp³-hybridized carbons (Fsp3) is 0.200. The van der Waals surface area contributed by atoms with Crippen molar-refractivity contribution in [3.05, 3.63) is 48.9 Å². The summed E-state index contributed by atoms with van der Waals surface area (Å²) in [6.45, 7) is 3.76. The molecule has 0 amide bonds. The fourth-order valence-corrected chi connectivity index (χ4v) is 1.24. The number of allylic oxidation sites excluding steroid dienone is 2. The molecule has 1 aromatic carbocycles. The zero-order valence-electron chi connectivity index (χ0n) is 11.2. The van der Waals surface area contributed by atoms with Crippen molar-refractivity contribution in [3.63, 3.8) is 0 Å². The van der Waals surface area contributed by atoms with Crippen LogP contribution in [0, 0.1) is 0 Å². The number of ketones is 1. The molecule has 0 aliphatic carbocycles. The maximum atomic E-state index is 10.9. The Morgan fingerprint density at radius 2 is 2.32 bits per heavy atom. The highest BCUT2D eigenvalue weighted by Crippen LogP contribution is 2.17. The molecule has 1 N–H and O–H groups in total. The fourth-order valence-electron chi connectivity index (χ4n) is 1.24. The molecule has 0 fully saturated rings. The molecule has 0 bridgehead atoms. The Morgan fingerprint density at radius 1 is 1.47 bits per heavy atom. The van der Waals surface area contributed by atoms with Crippen molar-refractivity contribution in [2.45, 2.75) is 13.8 Å². The third-order valence-electron chi connectivity index (χ3n) is 2.07. The normalized spacial score (nSPS) is 11.5. The molecule has 0 aliphatic rings. The van der Waals surface area contributed by atoms with E-state index in [-0.39, 0.29) is 5.78 Å². The molecular formula is C15H18N2O2. The predicted molar refractivity (Wildman–Crippen MR) is 78.7 cm³/mol. The van der Waals surface area contributed by atoms with Crippen molar-refractivity contribution < 1.29 is 9.53 Å². The van der Waals surface area contributed by atoms with Crippen LogP contribution in [-0.4, -0.2) is 18.5 Å². The van der Waals surface area contributed by atoms with Gasteiger partial charge < -0.3 is 10.1 Å². The summed E-state index contributed by atoms with van der Waals surface area (Å²) in [7, 11) is 0. The topological polar surface area (TPSA) is 50.7 Å². The first kappa shape index (κ1) is 14.7. The molecule has 4 nitrogen and oxygen atoms in total. The third-order valence-corrected chi connectivity index (χ3v) is 2.07. The monoisotopic (exact) mass is 258 g/mol. The number of anilines is 1. The lowest BCUT2D eigenvalue weighted by Crippen LogP contribution is -2.09. The first-order chi connectivity index (χ1) is 9.22. The third kappa shape index (κ3) is 6.83. The van der Waals surface area contributed by atoms with Crippen LogP contribution in [0.5, 0.6) is 5.75 Å².